The van der Waals surface area contributed by atoms with Gasteiger partial charge in [0.2, 0.25) is 10.0 Å². The topological polar surface area (TPSA) is 49.4 Å². The summed E-state index contributed by atoms with van der Waals surface area (Å²) in [5, 5.41) is 3.03. The molecule has 1 saturated heterocycles. The van der Waals surface area contributed by atoms with Crippen LogP contribution in [0.15, 0.2) is 27.6 Å². The number of likely N-dealkylation sites (N-methyl/N-ethyl adjacent to an activating group) is 1. The van der Waals surface area contributed by atoms with Crippen LogP contribution in [-0.4, -0.2) is 38.9 Å². The van der Waals surface area contributed by atoms with E-state index in [0.29, 0.717) is 25.6 Å². The number of hydrogen-bond donors (Lipinski definition) is 1. The molecule has 1 aromatic carbocycles. The Kier molecular flexibility index (Phi) is 6.30. The molecule has 1 atom stereocenters. The Bertz CT molecular complexity index is 634. The first-order chi connectivity index (χ1) is 9.64. The molecule has 0 bridgehead atoms. The van der Waals surface area contributed by atoms with E-state index in [4.69, 9.17) is 0 Å². The van der Waals surface area contributed by atoms with Gasteiger partial charge in [0.05, 0.1) is 10.5 Å². The van der Waals surface area contributed by atoms with Crippen molar-refractivity contribution in [2.24, 2.45) is 0 Å². The first kappa shape index (κ1) is 19.7. The van der Waals surface area contributed by atoms with Crippen molar-refractivity contribution >= 4 is 38.4 Å². The zero-order valence-electron chi connectivity index (χ0n) is 11.5. The molecule has 1 N–H and O–H groups in total. The maximum absolute atomic E-state index is 12.8. The third-order valence-electron chi connectivity index (χ3n) is 3.46. The van der Waals surface area contributed by atoms with Crippen LogP contribution in [0.2, 0.25) is 0 Å². The van der Waals surface area contributed by atoms with E-state index in [9.17, 15) is 21.6 Å². The Hall–Kier alpha value is -0.350. The Balaban J connectivity index is 0.00000242. The van der Waals surface area contributed by atoms with Gasteiger partial charge in [0.15, 0.2) is 0 Å². The summed E-state index contributed by atoms with van der Waals surface area (Å²) < 4.78 is 64.6. The van der Waals surface area contributed by atoms with E-state index in [2.05, 4.69) is 21.2 Å². The predicted molar refractivity (Wildman–Crippen MR) is 82.6 cm³/mol. The summed E-state index contributed by atoms with van der Waals surface area (Å²) in [6.07, 6.45) is -3.95. The van der Waals surface area contributed by atoms with Gasteiger partial charge in [0, 0.05) is 24.1 Å². The van der Waals surface area contributed by atoms with Crippen molar-refractivity contribution in [3.8, 4) is 0 Å². The van der Waals surface area contributed by atoms with Crippen molar-refractivity contribution in [2.75, 3.05) is 20.1 Å². The van der Waals surface area contributed by atoms with Crippen LogP contribution in [0.4, 0.5) is 13.2 Å². The number of benzene rings is 1. The monoisotopic (exact) mass is 422 g/mol. The van der Waals surface area contributed by atoms with Crippen LogP contribution in [-0.2, 0) is 16.2 Å². The third kappa shape index (κ3) is 3.94. The second-order valence-electron chi connectivity index (χ2n) is 4.81. The fourth-order valence-corrected chi connectivity index (χ4v) is 4.51. The Morgan fingerprint density at radius 1 is 1.36 bits per heavy atom. The molecule has 1 heterocycles. The maximum atomic E-state index is 12.8. The minimum absolute atomic E-state index is 0. The fraction of sp³-hybridized carbons (Fsp3) is 0.500. The van der Waals surface area contributed by atoms with Crippen molar-refractivity contribution in [3.63, 3.8) is 0 Å². The Morgan fingerprint density at radius 2 is 2.00 bits per heavy atom. The predicted octanol–water partition coefficient (Wildman–Crippen LogP) is 2.87. The van der Waals surface area contributed by atoms with Gasteiger partial charge >= 0.3 is 6.18 Å². The summed E-state index contributed by atoms with van der Waals surface area (Å²) in [5.74, 6) is 0. The van der Waals surface area contributed by atoms with Crippen molar-refractivity contribution in [1.82, 2.24) is 9.62 Å². The van der Waals surface area contributed by atoms with Gasteiger partial charge in [-0.05, 0) is 47.1 Å². The zero-order chi connectivity index (χ0) is 15.8. The van der Waals surface area contributed by atoms with Crippen molar-refractivity contribution < 1.29 is 21.6 Å². The minimum atomic E-state index is -4.58. The molecular weight excluding hydrogens is 409 g/mol. The lowest BCUT2D eigenvalue weighted by Gasteiger charge is -2.24. The van der Waals surface area contributed by atoms with E-state index in [0.717, 1.165) is 16.4 Å². The highest BCUT2D eigenvalue weighted by Crippen LogP contribution is 2.34. The molecule has 0 aromatic heterocycles. The summed E-state index contributed by atoms with van der Waals surface area (Å²) in [6.45, 7) is 1.18. The number of nitrogens with one attached hydrogen (secondary N) is 1. The highest BCUT2D eigenvalue weighted by Gasteiger charge is 2.35. The number of alkyl halides is 3. The van der Waals surface area contributed by atoms with Crippen LogP contribution < -0.4 is 5.32 Å². The number of sulfonamides is 1. The lowest BCUT2D eigenvalue weighted by atomic mass is 10.2. The molecule has 0 aliphatic carbocycles. The van der Waals surface area contributed by atoms with Crippen molar-refractivity contribution in [3.05, 3.63) is 28.2 Å². The second kappa shape index (κ2) is 7.04. The smallest absolute Gasteiger partial charge is 0.315 e. The minimum Gasteiger partial charge on any atom is -0.315 e. The molecule has 0 radical (unpaired) electrons. The summed E-state index contributed by atoms with van der Waals surface area (Å²) in [4.78, 5) is -0.369. The molecule has 2 rings (SSSR count). The van der Waals surface area contributed by atoms with Crippen LogP contribution >= 0.6 is 28.3 Å². The molecular formula is C12H15BrClF3N2O2S. The molecule has 22 heavy (non-hydrogen) atoms. The quantitative estimate of drug-likeness (QED) is 0.813. The highest BCUT2D eigenvalue weighted by molar-refractivity contribution is 9.10. The number of nitrogens with zero attached hydrogens (tertiary/aromatic N) is 1. The average molecular weight is 424 g/mol. The summed E-state index contributed by atoms with van der Waals surface area (Å²) >= 11 is 3.02. The number of halogens is 5. The van der Waals surface area contributed by atoms with Gasteiger partial charge in [-0.2, -0.15) is 17.5 Å². The standard InChI is InChI=1S/C12H14BrF3N2O2S.ClH/c1-18(9-4-5-17-7-9)21(19,20)11-6-8(12(14,15)16)2-3-10(11)13;/h2-3,6,9,17H,4-5,7H2,1H3;1H. The molecule has 1 aliphatic rings. The van der Waals surface area contributed by atoms with E-state index in [1.165, 1.54) is 7.05 Å². The zero-order valence-corrected chi connectivity index (χ0v) is 14.7. The molecule has 10 heteroatoms. The first-order valence-electron chi connectivity index (χ1n) is 6.19. The molecule has 1 aliphatic heterocycles. The number of rotatable bonds is 3. The van der Waals surface area contributed by atoms with E-state index in [-0.39, 0.29) is 27.8 Å². The van der Waals surface area contributed by atoms with Crippen LogP contribution in [0.3, 0.4) is 0 Å². The second-order valence-corrected chi connectivity index (χ2v) is 7.63. The van der Waals surface area contributed by atoms with Gasteiger partial charge < -0.3 is 5.32 Å². The van der Waals surface area contributed by atoms with Crippen LogP contribution in [0.5, 0.6) is 0 Å². The largest absolute Gasteiger partial charge is 0.416 e. The highest BCUT2D eigenvalue weighted by atomic mass is 79.9. The molecule has 0 saturated carbocycles. The van der Waals surface area contributed by atoms with E-state index in [1.807, 2.05) is 0 Å². The molecule has 1 fully saturated rings. The number of hydrogen-bond acceptors (Lipinski definition) is 3. The summed E-state index contributed by atoms with van der Waals surface area (Å²) in [7, 11) is -2.60. The third-order valence-corrected chi connectivity index (χ3v) is 6.37. The Morgan fingerprint density at radius 3 is 2.50 bits per heavy atom. The van der Waals surface area contributed by atoms with E-state index in [1.54, 1.807) is 0 Å². The average Bonchev–Trinajstić information content (AvgIpc) is 2.90. The van der Waals surface area contributed by atoms with Gasteiger partial charge in [-0.1, -0.05) is 0 Å². The van der Waals surface area contributed by atoms with Gasteiger partial charge in [-0.25, -0.2) is 8.42 Å². The van der Waals surface area contributed by atoms with E-state index >= 15 is 0 Å². The van der Waals surface area contributed by atoms with Crippen molar-refractivity contribution in [1.29, 1.82) is 0 Å². The molecule has 0 amide bonds. The molecule has 4 nitrogen and oxygen atoms in total. The van der Waals surface area contributed by atoms with Gasteiger partial charge in [0.25, 0.3) is 0 Å². The molecule has 126 valence electrons. The van der Waals surface area contributed by atoms with Crippen LogP contribution in [0, 0.1) is 0 Å². The Labute approximate surface area is 141 Å². The SMILES string of the molecule is CN(C1CCNC1)S(=O)(=O)c1cc(C(F)(F)F)ccc1Br.Cl. The van der Waals surface area contributed by atoms with Crippen molar-refractivity contribution in [2.45, 2.75) is 23.5 Å². The summed E-state index contributed by atoms with van der Waals surface area (Å²) in [5.41, 5.74) is -0.984. The van der Waals surface area contributed by atoms with Crippen LogP contribution in [0.1, 0.15) is 12.0 Å². The fourth-order valence-electron chi connectivity index (χ4n) is 2.18. The summed E-state index contributed by atoms with van der Waals surface area (Å²) in [6, 6.07) is 2.37. The first-order valence-corrected chi connectivity index (χ1v) is 8.43. The van der Waals surface area contributed by atoms with E-state index < -0.39 is 21.8 Å². The normalized spacial score (nSPS) is 19.3. The van der Waals surface area contributed by atoms with Gasteiger partial charge in [-0.3, -0.25) is 0 Å². The molecule has 1 unspecified atom stereocenters. The molecule has 0 spiro atoms. The van der Waals surface area contributed by atoms with Gasteiger partial charge in [-0.15, -0.1) is 12.4 Å². The molecule has 1 aromatic rings. The van der Waals surface area contributed by atoms with Gasteiger partial charge in [0.1, 0.15) is 0 Å². The van der Waals surface area contributed by atoms with Crippen LogP contribution in [0.25, 0.3) is 0 Å². The lowest BCUT2D eigenvalue weighted by Crippen LogP contribution is -2.38. The maximum Gasteiger partial charge on any atom is 0.416 e. The lowest BCUT2D eigenvalue weighted by molar-refractivity contribution is -0.137.